The minimum atomic E-state index is -1.46. The molecule has 5 heteroatoms. The van der Waals surface area contributed by atoms with Gasteiger partial charge in [0.2, 0.25) is 0 Å². The van der Waals surface area contributed by atoms with Crippen LogP contribution in [0.25, 0.3) is 10.6 Å². The van der Waals surface area contributed by atoms with Gasteiger partial charge in [-0.1, -0.05) is 0 Å². The standard InChI is InChI=1S/C10H6F3NS/c1-5-4-14-10(15-5)6-2-3-7(11)9(13)8(6)12/h2-4H,1H3. The number of hydrogen-bond acceptors (Lipinski definition) is 2. The first-order valence-corrected chi connectivity index (χ1v) is 4.97. The van der Waals surface area contributed by atoms with Crippen LogP contribution in [0.1, 0.15) is 4.88 Å². The van der Waals surface area contributed by atoms with Crippen molar-refractivity contribution in [3.8, 4) is 10.6 Å². The number of thiazole rings is 1. The Morgan fingerprint density at radius 1 is 1.13 bits per heavy atom. The van der Waals surface area contributed by atoms with E-state index < -0.39 is 17.5 Å². The normalized spacial score (nSPS) is 10.7. The number of hydrogen-bond donors (Lipinski definition) is 0. The quantitative estimate of drug-likeness (QED) is 0.681. The maximum absolute atomic E-state index is 13.3. The summed E-state index contributed by atoms with van der Waals surface area (Å²) in [7, 11) is 0. The Labute approximate surface area is 88.2 Å². The van der Waals surface area contributed by atoms with E-state index in [4.69, 9.17) is 0 Å². The zero-order valence-corrected chi connectivity index (χ0v) is 8.54. The number of aromatic nitrogens is 1. The van der Waals surface area contributed by atoms with Crippen molar-refractivity contribution >= 4 is 11.3 Å². The Balaban J connectivity index is 2.59. The lowest BCUT2D eigenvalue weighted by Gasteiger charge is -2.00. The molecule has 15 heavy (non-hydrogen) atoms. The lowest BCUT2D eigenvalue weighted by Crippen LogP contribution is -1.93. The van der Waals surface area contributed by atoms with E-state index in [1.807, 2.05) is 0 Å². The molecular formula is C10H6F3NS. The molecular weight excluding hydrogens is 223 g/mol. The Morgan fingerprint density at radius 2 is 1.87 bits per heavy atom. The molecule has 1 aromatic heterocycles. The van der Waals surface area contributed by atoms with Crippen LogP contribution in [0.3, 0.4) is 0 Å². The first-order chi connectivity index (χ1) is 7.09. The van der Waals surface area contributed by atoms with Crippen LogP contribution in [-0.4, -0.2) is 4.98 Å². The molecule has 0 bridgehead atoms. The highest BCUT2D eigenvalue weighted by atomic mass is 32.1. The number of aryl methyl sites for hydroxylation is 1. The van der Waals surface area contributed by atoms with Crippen molar-refractivity contribution < 1.29 is 13.2 Å². The van der Waals surface area contributed by atoms with Crippen molar-refractivity contribution in [3.05, 3.63) is 40.7 Å². The molecule has 2 aromatic rings. The van der Waals surface area contributed by atoms with E-state index in [1.165, 1.54) is 17.4 Å². The number of nitrogens with zero attached hydrogens (tertiary/aromatic N) is 1. The molecule has 0 atom stereocenters. The van der Waals surface area contributed by atoms with Gasteiger partial charge in [-0.2, -0.15) is 0 Å². The molecule has 0 amide bonds. The lowest BCUT2D eigenvalue weighted by atomic mass is 10.2. The minimum absolute atomic E-state index is 0.00741. The summed E-state index contributed by atoms with van der Waals surface area (Å²) in [4.78, 5) is 4.79. The third-order valence-corrected chi connectivity index (χ3v) is 2.83. The fourth-order valence-corrected chi connectivity index (χ4v) is 1.95. The molecule has 1 nitrogen and oxygen atoms in total. The highest BCUT2D eigenvalue weighted by Crippen LogP contribution is 2.28. The summed E-state index contributed by atoms with van der Waals surface area (Å²) in [6.45, 7) is 1.80. The molecule has 78 valence electrons. The number of rotatable bonds is 1. The second kappa shape index (κ2) is 3.66. The van der Waals surface area contributed by atoms with Gasteiger partial charge in [0.1, 0.15) is 5.01 Å². The molecule has 0 aliphatic rings. The van der Waals surface area contributed by atoms with Crippen molar-refractivity contribution in [3.63, 3.8) is 0 Å². The highest BCUT2D eigenvalue weighted by Gasteiger charge is 2.16. The predicted octanol–water partition coefficient (Wildman–Crippen LogP) is 3.54. The average Bonchev–Trinajstić information content (AvgIpc) is 2.61. The van der Waals surface area contributed by atoms with E-state index in [9.17, 15) is 13.2 Å². The first kappa shape index (κ1) is 10.2. The largest absolute Gasteiger partial charge is 0.244 e. The maximum atomic E-state index is 13.3. The van der Waals surface area contributed by atoms with Crippen LogP contribution in [0.5, 0.6) is 0 Å². The van der Waals surface area contributed by atoms with Crippen LogP contribution in [0.4, 0.5) is 13.2 Å². The summed E-state index contributed by atoms with van der Waals surface area (Å²) in [5, 5.41) is 0.351. The molecule has 0 unspecified atom stereocenters. The molecule has 0 radical (unpaired) electrons. The monoisotopic (exact) mass is 229 g/mol. The highest BCUT2D eigenvalue weighted by molar-refractivity contribution is 7.14. The second-order valence-corrected chi connectivity index (χ2v) is 4.23. The van der Waals surface area contributed by atoms with Gasteiger partial charge in [0, 0.05) is 16.6 Å². The van der Waals surface area contributed by atoms with E-state index in [0.29, 0.717) is 5.01 Å². The molecule has 0 N–H and O–H groups in total. The van der Waals surface area contributed by atoms with Crippen molar-refractivity contribution in [2.45, 2.75) is 6.92 Å². The van der Waals surface area contributed by atoms with E-state index >= 15 is 0 Å². The van der Waals surface area contributed by atoms with Crippen LogP contribution in [0, 0.1) is 24.4 Å². The third kappa shape index (κ3) is 1.74. The summed E-state index contributed by atoms with van der Waals surface area (Å²) in [6.07, 6.45) is 1.56. The van der Waals surface area contributed by atoms with Crippen LogP contribution in [0.2, 0.25) is 0 Å². The average molecular weight is 229 g/mol. The van der Waals surface area contributed by atoms with E-state index in [0.717, 1.165) is 10.9 Å². The maximum Gasteiger partial charge on any atom is 0.195 e. The van der Waals surface area contributed by atoms with Crippen LogP contribution >= 0.6 is 11.3 Å². The molecule has 0 fully saturated rings. The van der Waals surface area contributed by atoms with Gasteiger partial charge >= 0.3 is 0 Å². The topological polar surface area (TPSA) is 12.9 Å². The van der Waals surface area contributed by atoms with Crippen molar-refractivity contribution in [1.82, 2.24) is 4.98 Å². The fourth-order valence-electron chi connectivity index (χ4n) is 1.17. The molecule has 0 aliphatic carbocycles. The predicted molar refractivity (Wildman–Crippen MR) is 52.2 cm³/mol. The van der Waals surface area contributed by atoms with Crippen molar-refractivity contribution in [1.29, 1.82) is 0 Å². The van der Waals surface area contributed by atoms with Gasteiger partial charge in [0.25, 0.3) is 0 Å². The van der Waals surface area contributed by atoms with Gasteiger partial charge in [-0.15, -0.1) is 11.3 Å². The number of benzene rings is 1. The summed E-state index contributed by atoms with van der Waals surface area (Å²) >= 11 is 1.23. The first-order valence-electron chi connectivity index (χ1n) is 4.16. The van der Waals surface area contributed by atoms with Gasteiger partial charge in [0.15, 0.2) is 17.5 Å². The number of halogens is 3. The van der Waals surface area contributed by atoms with Gasteiger partial charge < -0.3 is 0 Å². The second-order valence-electron chi connectivity index (χ2n) is 3.00. The van der Waals surface area contributed by atoms with Crippen LogP contribution in [-0.2, 0) is 0 Å². The van der Waals surface area contributed by atoms with Gasteiger partial charge in [-0.05, 0) is 19.1 Å². The third-order valence-electron chi connectivity index (χ3n) is 1.89. The Kier molecular flexibility index (Phi) is 2.48. The Morgan fingerprint density at radius 3 is 2.47 bits per heavy atom. The zero-order valence-electron chi connectivity index (χ0n) is 7.72. The molecule has 0 spiro atoms. The summed E-state index contributed by atoms with van der Waals surface area (Å²) in [5.74, 6) is -3.84. The smallest absolute Gasteiger partial charge is 0.195 e. The summed E-state index contributed by atoms with van der Waals surface area (Å²) in [6, 6.07) is 2.08. The summed E-state index contributed by atoms with van der Waals surface area (Å²) in [5.41, 5.74) is -0.00741. The lowest BCUT2D eigenvalue weighted by molar-refractivity contribution is 0.449. The van der Waals surface area contributed by atoms with E-state index in [2.05, 4.69) is 4.98 Å². The molecule has 0 saturated carbocycles. The SMILES string of the molecule is Cc1cnc(-c2ccc(F)c(F)c2F)s1. The van der Waals surface area contributed by atoms with Gasteiger partial charge in [0.05, 0.1) is 0 Å². The fraction of sp³-hybridized carbons (Fsp3) is 0.100. The van der Waals surface area contributed by atoms with Crippen molar-refractivity contribution in [2.75, 3.05) is 0 Å². The summed E-state index contributed by atoms with van der Waals surface area (Å²) < 4.78 is 38.9. The molecule has 2 rings (SSSR count). The van der Waals surface area contributed by atoms with E-state index in [-0.39, 0.29) is 5.56 Å². The van der Waals surface area contributed by atoms with E-state index in [1.54, 1.807) is 13.1 Å². The Bertz CT molecular complexity index is 507. The van der Waals surface area contributed by atoms with Gasteiger partial charge in [-0.3, -0.25) is 0 Å². The minimum Gasteiger partial charge on any atom is -0.244 e. The Hall–Kier alpha value is -1.36. The van der Waals surface area contributed by atoms with Gasteiger partial charge in [-0.25, -0.2) is 18.2 Å². The van der Waals surface area contributed by atoms with Crippen LogP contribution < -0.4 is 0 Å². The molecule has 1 heterocycles. The molecule has 0 aliphatic heterocycles. The molecule has 1 aromatic carbocycles. The van der Waals surface area contributed by atoms with Crippen LogP contribution in [0.15, 0.2) is 18.3 Å². The van der Waals surface area contributed by atoms with Crippen molar-refractivity contribution in [2.24, 2.45) is 0 Å². The molecule has 0 saturated heterocycles. The zero-order chi connectivity index (χ0) is 11.0.